The summed E-state index contributed by atoms with van der Waals surface area (Å²) in [6.07, 6.45) is 5.42. The molecule has 29 heavy (non-hydrogen) atoms. The quantitative estimate of drug-likeness (QED) is 0.713. The van der Waals surface area contributed by atoms with Gasteiger partial charge in [-0.15, -0.1) is 0 Å². The maximum absolute atomic E-state index is 12.7. The van der Waals surface area contributed by atoms with Crippen molar-refractivity contribution in [3.8, 4) is 11.1 Å². The monoisotopic (exact) mass is 388 g/mol. The molecule has 3 aromatic rings. The minimum absolute atomic E-state index is 0.0652. The van der Waals surface area contributed by atoms with Gasteiger partial charge in [-0.2, -0.15) is 0 Å². The molecular formula is C22H24N6O. The first-order valence-corrected chi connectivity index (χ1v) is 9.76. The highest BCUT2D eigenvalue weighted by molar-refractivity contribution is 5.95. The lowest BCUT2D eigenvalue weighted by atomic mass is 10.0. The van der Waals surface area contributed by atoms with Crippen molar-refractivity contribution in [2.45, 2.75) is 25.8 Å². The van der Waals surface area contributed by atoms with E-state index < -0.39 is 0 Å². The van der Waals surface area contributed by atoms with E-state index in [1.54, 1.807) is 24.5 Å². The van der Waals surface area contributed by atoms with E-state index in [1.807, 2.05) is 37.3 Å². The number of nitrogen functional groups attached to an aromatic ring is 1. The molecule has 7 heteroatoms. The van der Waals surface area contributed by atoms with Gasteiger partial charge < -0.3 is 16.0 Å². The number of benzene rings is 1. The summed E-state index contributed by atoms with van der Waals surface area (Å²) in [5.74, 6) is 1.15. The molecule has 1 amide bonds. The lowest BCUT2D eigenvalue weighted by Crippen LogP contribution is -2.48. The number of hydrogen-bond acceptors (Lipinski definition) is 6. The van der Waals surface area contributed by atoms with Crippen molar-refractivity contribution < 1.29 is 4.79 Å². The van der Waals surface area contributed by atoms with Gasteiger partial charge in [-0.1, -0.05) is 12.1 Å². The zero-order chi connectivity index (χ0) is 20.2. The molecule has 2 aromatic heterocycles. The van der Waals surface area contributed by atoms with E-state index >= 15 is 0 Å². The first-order valence-electron chi connectivity index (χ1n) is 9.76. The van der Waals surface area contributed by atoms with Crippen molar-refractivity contribution in [1.82, 2.24) is 20.3 Å². The molecule has 0 saturated carbocycles. The summed E-state index contributed by atoms with van der Waals surface area (Å²) < 4.78 is 0. The number of carbonyl (C=O) groups excluding carboxylic acids is 1. The number of aromatic nitrogens is 3. The highest BCUT2D eigenvalue weighted by atomic mass is 16.1. The molecule has 4 rings (SSSR count). The molecule has 1 aromatic carbocycles. The van der Waals surface area contributed by atoms with Crippen LogP contribution in [0.3, 0.4) is 0 Å². The molecule has 1 aliphatic rings. The maximum atomic E-state index is 12.7. The number of nitrogens with one attached hydrogen (secondary N) is 1. The van der Waals surface area contributed by atoms with E-state index in [-0.39, 0.29) is 11.9 Å². The number of nitrogens with two attached hydrogens (primary N) is 1. The van der Waals surface area contributed by atoms with Crippen LogP contribution in [0.2, 0.25) is 0 Å². The lowest BCUT2D eigenvalue weighted by Gasteiger charge is -2.33. The first kappa shape index (κ1) is 18.9. The Morgan fingerprint density at radius 2 is 1.90 bits per heavy atom. The van der Waals surface area contributed by atoms with E-state index in [2.05, 4.69) is 25.2 Å². The van der Waals surface area contributed by atoms with Crippen LogP contribution in [0.25, 0.3) is 11.1 Å². The summed E-state index contributed by atoms with van der Waals surface area (Å²) in [7, 11) is 0. The van der Waals surface area contributed by atoms with Gasteiger partial charge in [0.25, 0.3) is 5.91 Å². The van der Waals surface area contributed by atoms with Crippen molar-refractivity contribution in [3.63, 3.8) is 0 Å². The van der Waals surface area contributed by atoms with E-state index in [0.717, 1.165) is 36.2 Å². The molecule has 0 radical (unpaired) electrons. The van der Waals surface area contributed by atoms with E-state index in [0.29, 0.717) is 23.9 Å². The van der Waals surface area contributed by atoms with Crippen LogP contribution in [0.4, 0.5) is 11.8 Å². The molecule has 0 spiro atoms. The van der Waals surface area contributed by atoms with Gasteiger partial charge in [-0.3, -0.25) is 4.79 Å². The highest BCUT2D eigenvalue weighted by Gasteiger charge is 2.23. The van der Waals surface area contributed by atoms with E-state index in [1.165, 1.54) is 0 Å². The molecular weight excluding hydrogens is 364 g/mol. The third-order valence-electron chi connectivity index (χ3n) is 5.16. The maximum Gasteiger partial charge on any atom is 0.251 e. The summed E-state index contributed by atoms with van der Waals surface area (Å²) in [4.78, 5) is 27.8. The summed E-state index contributed by atoms with van der Waals surface area (Å²) in [6.45, 7) is 3.54. The van der Waals surface area contributed by atoms with Crippen LogP contribution in [0.1, 0.15) is 28.9 Å². The Morgan fingerprint density at radius 1 is 1.14 bits per heavy atom. The van der Waals surface area contributed by atoms with Gasteiger partial charge >= 0.3 is 0 Å². The van der Waals surface area contributed by atoms with Crippen molar-refractivity contribution in [1.29, 1.82) is 0 Å². The zero-order valence-corrected chi connectivity index (χ0v) is 16.4. The molecule has 0 aliphatic carbocycles. The fourth-order valence-electron chi connectivity index (χ4n) is 3.69. The van der Waals surface area contributed by atoms with Crippen molar-refractivity contribution >= 4 is 17.7 Å². The smallest absolute Gasteiger partial charge is 0.251 e. The highest BCUT2D eigenvalue weighted by Crippen LogP contribution is 2.23. The third kappa shape index (κ3) is 4.34. The minimum Gasteiger partial charge on any atom is -0.384 e. The second-order valence-corrected chi connectivity index (χ2v) is 7.25. The number of rotatable bonds is 4. The molecule has 0 bridgehead atoms. The molecule has 3 N–H and O–H groups in total. The summed E-state index contributed by atoms with van der Waals surface area (Å²) in [5.41, 5.74) is 9.26. The van der Waals surface area contributed by atoms with Crippen LogP contribution >= 0.6 is 0 Å². The zero-order valence-electron chi connectivity index (χ0n) is 16.4. The Hall–Kier alpha value is -3.48. The van der Waals surface area contributed by atoms with Gasteiger partial charge in [0.1, 0.15) is 5.82 Å². The predicted octanol–water partition coefficient (Wildman–Crippen LogP) is 2.83. The second-order valence-electron chi connectivity index (χ2n) is 7.25. The third-order valence-corrected chi connectivity index (χ3v) is 5.16. The van der Waals surface area contributed by atoms with Crippen LogP contribution in [0.15, 0.2) is 54.9 Å². The fraction of sp³-hybridized carbons (Fsp3) is 0.273. The fourth-order valence-corrected chi connectivity index (χ4v) is 3.69. The predicted molar refractivity (Wildman–Crippen MR) is 114 cm³/mol. The molecule has 148 valence electrons. The molecule has 1 saturated heterocycles. The first-order chi connectivity index (χ1) is 14.1. The molecule has 1 aliphatic heterocycles. The Bertz CT molecular complexity index is 990. The Morgan fingerprint density at radius 3 is 2.62 bits per heavy atom. The summed E-state index contributed by atoms with van der Waals surface area (Å²) >= 11 is 0. The van der Waals surface area contributed by atoms with Crippen molar-refractivity contribution in [2.24, 2.45) is 0 Å². The van der Waals surface area contributed by atoms with Crippen LogP contribution in [-0.2, 0) is 0 Å². The Kier molecular flexibility index (Phi) is 5.37. The van der Waals surface area contributed by atoms with Gasteiger partial charge in [0.05, 0.1) is 0 Å². The second kappa shape index (κ2) is 8.26. The van der Waals surface area contributed by atoms with Gasteiger partial charge in [0.15, 0.2) is 0 Å². The Balaban J connectivity index is 1.42. The normalized spacial score (nSPS) is 16.4. The number of hydrogen-bond donors (Lipinski definition) is 2. The van der Waals surface area contributed by atoms with Crippen LogP contribution in [0, 0.1) is 6.92 Å². The molecule has 7 nitrogen and oxygen atoms in total. The SMILES string of the molecule is Cc1nc(N)ccc1-c1ccc(C(=O)NC2CCCN(c3ncccn3)C2)cc1. The van der Waals surface area contributed by atoms with Crippen LogP contribution < -0.4 is 16.0 Å². The molecule has 1 fully saturated rings. The number of anilines is 2. The molecule has 3 heterocycles. The lowest BCUT2D eigenvalue weighted by molar-refractivity contribution is 0.0933. The summed E-state index contributed by atoms with van der Waals surface area (Å²) in [5, 5.41) is 3.15. The topological polar surface area (TPSA) is 97.0 Å². The molecule has 1 atom stereocenters. The van der Waals surface area contributed by atoms with Crippen LogP contribution in [-0.4, -0.2) is 40.0 Å². The average Bonchev–Trinajstić information content (AvgIpc) is 2.75. The number of carbonyl (C=O) groups is 1. The number of piperidine rings is 1. The van der Waals surface area contributed by atoms with E-state index in [9.17, 15) is 4.79 Å². The number of nitrogens with zero attached hydrogens (tertiary/aromatic N) is 4. The van der Waals surface area contributed by atoms with E-state index in [4.69, 9.17) is 5.73 Å². The number of amides is 1. The minimum atomic E-state index is -0.0652. The largest absolute Gasteiger partial charge is 0.384 e. The standard InChI is InChI=1S/C22H24N6O/c1-15-19(9-10-20(23)26-15)16-5-7-17(8-6-16)21(29)27-18-4-2-13-28(14-18)22-24-11-3-12-25-22/h3,5-12,18H,2,4,13-14H2,1H3,(H2,23,26)(H,27,29). The number of aryl methyl sites for hydroxylation is 1. The van der Waals surface area contributed by atoms with Gasteiger partial charge in [-0.05, 0) is 55.7 Å². The number of pyridine rings is 1. The van der Waals surface area contributed by atoms with Gasteiger partial charge in [-0.25, -0.2) is 15.0 Å². The van der Waals surface area contributed by atoms with Gasteiger partial charge in [0, 0.05) is 48.3 Å². The Labute approximate surface area is 170 Å². The van der Waals surface area contributed by atoms with Crippen LogP contribution in [0.5, 0.6) is 0 Å². The van der Waals surface area contributed by atoms with Crippen molar-refractivity contribution in [2.75, 3.05) is 23.7 Å². The molecule has 1 unspecified atom stereocenters. The summed E-state index contributed by atoms with van der Waals surface area (Å²) in [6, 6.07) is 13.2. The van der Waals surface area contributed by atoms with Crippen molar-refractivity contribution in [3.05, 3.63) is 66.1 Å². The van der Waals surface area contributed by atoms with Gasteiger partial charge in [0.2, 0.25) is 5.95 Å². The average molecular weight is 388 g/mol.